The van der Waals surface area contributed by atoms with Crippen molar-refractivity contribution < 1.29 is 22.3 Å². The lowest BCUT2D eigenvalue weighted by Gasteiger charge is -2.32. The van der Waals surface area contributed by atoms with Gasteiger partial charge in [0, 0.05) is 25.3 Å². The van der Waals surface area contributed by atoms with Gasteiger partial charge in [0.05, 0.1) is 17.7 Å². The molecule has 0 saturated carbocycles. The van der Waals surface area contributed by atoms with E-state index in [0.717, 1.165) is 34.7 Å². The molecule has 4 rings (SSSR count). The van der Waals surface area contributed by atoms with E-state index in [1.165, 1.54) is 62.4 Å². The average Bonchev–Trinajstić information content (AvgIpc) is 2.91. The Kier molecular flexibility index (Phi) is 8.33. The zero-order valence-electron chi connectivity index (χ0n) is 21.1. The molecule has 3 aromatic carbocycles. The molecule has 1 heterocycles. The summed E-state index contributed by atoms with van der Waals surface area (Å²) in [5.74, 6) is -0.140. The molecule has 1 atom stereocenters. The maximum absolute atomic E-state index is 14.7. The van der Waals surface area contributed by atoms with Crippen molar-refractivity contribution in [2.24, 2.45) is 5.92 Å². The van der Waals surface area contributed by atoms with E-state index in [-0.39, 0.29) is 17.1 Å². The van der Waals surface area contributed by atoms with E-state index < -0.39 is 28.3 Å². The first-order chi connectivity index (χ1) is 17.8. The molecule has 1 aliphatic rings. The number of nitrogens with one attached hydrogen (secondary N) is 1. The van der Waals surface area contributed by atoms with Crippen LogP contribution >= 0.6 is 0 Å². The van der Waals surface area contributed by atoms with Gasteiger partial charge in [0.25, 0.3) is 10.0 Å². The molecule has 1 amide bonds. The highest BCUT2D eigenvalue weighted by Crippen LogP contribution is 2.27. The van der Waals surface area contributed by atoms with Crippen LogP contribution in [0.25, 0.3) is 0 Å². The van der Waals surface area contributed by atoms with Crippen LogP contribution < -0.4 is 19.3 Å². The average molecular weight is 526 g/mol. The molecule has 1 unspecified atom stereocenters. The second-order valence-electron chi connectivity index (χ2n) is 9.28. The fraction of sp³-hybridized carbons (Fsp3) is 0.321. The molecule has 196 valence electrons. The summed E-state index contributed by atoms with van der Waals surface area (Å²) in [5.41, 5.74) is 1.84. The Morgan fingerprint density at radius 3 is 2.43 bits per heavy atom. The molecule has 1 aliphatic heterocycles. The van der Waals surface area contributed by atoms with Gasteiger partial charge in [0.1, 0.15) is 18.1 Å². The SMILES string of the molecule is COc1ccc(S(=O)(=O)N(CC(=O)NCc2ccc(N3CCCC(C)C3)cc2)c2ccccc2F)cc1. The van der Waals surface area contributed by atoms with Gasteiger partial charge < -0.3 is 15.0 Å². The summed E-state index contributed by atoms with van der Waals surface area (Å²) < 4.78 is 47.4. The number of benzene rings is 3. The molecule has 1 saturated heterocycles. The van der Waals surface area contributed by atoms with Crippen molar-refractivity contribution in [2.75, 3.05) is 35.9 Å². The van der Waals surface area contributed by atoms with Crippen molar-refractivity contribution in [3.8, 4) is 5.75 Å². The van der Waals surface area contributed by atoms with Crippen LogP contribution in [0, 0.1) is 11.7 Å². The highest BCUT2D eigenvalue weighted by molar-refractivity contribution is 7.92. The molecule has 7 nitrogen and oxygen atoms in total. The molecule has 0 radical (unpaired) electrons. The zero-order valence-corrected chi connectivity index (χ0v) is 21.9. The molecule has 9 heteroatoms. The first-order valence-corrected chi connectivity index (χ1v) is 13.7. The summed E-state index contributed by atoms with van der Waals surface area (Å²) in [6.07, 6.45) is 2.43. The van der Waals surface area contributed by atoms with E-state index in [4.69, 9.17) is 4.74 Å². The summed E-state index contributed by atoms with van der Waals surface area (Å²) in [6.45, 7) is 3.98. The standard InChI is InChI=1S/C28H32FN3O4S/c1-21-6-5-17-31(19-21)23-11-9-22(10-12-23)18-30-28(33)20-32(27-8-4-3-7-26(27)29)37(34,35)25-15-13-24(36-2)14-16-25/h3-4,7-16,21H,5-6,17-20H2,1-2H3,(H,30,33). The summed E-state index contributed by atoms with van der Waals surface area (Å²) in [6, 6.07) is 19.2. The number of amides is 1. The number of para-hydroxylation sites is 1. The lowest BCUT2D eigenvalue weighted by Crippen LogP contribution is -2.41. The number of carbonyl (C=O) groups is 1. The molecule has 0 aromatic heterocycles. The number of rotatable bonds is 9. The minimum absolute atomic E-state index is 0.0769. The van der Waals surface area contributed by atoms with Crippen LogP contribution in [-0.2, 0) is 21.4 Å². The van der Waals surface area contributed by atoms with Crippen LogP contribution in [-0.4, -0.2) is 41.1 Å². The third kappa shape index (κ3) is 6.40. The van der Waals surface area contributed by atoms with Crippen LogP contribution in [0.5, 0.6) is 5.75 Å². The van der Waals surface area contributed by atoms with Crippen molar-refractivity contribution >= 4 is 27.3 Å². The quantitative estimate of drug-likeness (QED) is 0.442. The Labute approximate surface area is 217 Å². The van der Waals surface area contributed by atoms with Crippen LogP contribution in [0.3, 0.4) is 0 Å². The second kappa shape index (κ2) is 11.6. The monoisotopic (exact) mass is 525 g/mol. The smallest absolute Gasteiger partial charge is 0.264 e. The van der Waals surface area contributed by atoms with Gasteiger partial charge in [-0.3, -0.25) is 9.10 Å². The lowest BCUT2D eigenvalue weighted by atomic mass is 9.99. The predicted octanol–water partition coefficient (Wildman–Crippen LogP) is 4.58. The van der Waals surface area contributed by atoms with Crippen LogP contribution in [0.4, 0.5) is 15.8 Å². The normalized spacial score (nSPS) is 15.8. The van der Waals surface area contributed by atoms with E-state index in [9.17, 15) is 17.6 Å². The molecular weight excluding hydrogens is 493 g/mol. The molecule has 3 aromatic rings. The fourth-order valence-electron chi connectivity index (χ4n) is 4.46. The second-order valence-corrected chi connectivity index (χ2v) is 11.1. The topological polar surface area (TPSA) is 79.0 Å². The van der Waals surface area contributed by atoms with E-state index >= 15 is 0 Å². The summed E-state index contributed by atoms with van der Waals surface area (Å²) in [4.78, 5) is 15.2. The number of nitrogens with zero attached hydrogens (tertiary/aromatic N) is 2. The Morgan fingerprint density at radius 2 is 1.78 bits per heavy atom. The molecule has 0 bridgehead atoms. The highest BCUT2D eigenvalue weighted by atomic mass is 32.2. The van der Waals surface area contributed by atoms with Gasteiger partial charge >= 0.3 is 0 Å². The number of anilines is 2. The van der Waals surface area contributed by atoms with Crippen LogP contribution in [0.1, 0.15) is 25.3 Å². The van der Waals surface area contributed by atoms with Gasteiger partial charge in [0.15, 0.2) is 0 Å². The summed E-state index contributed by atoms with van der Waals surface area (Å²) in [7, 11) is -2.76. The van der Waals surface area contributed by atoms with Crippen molar-refractivity contribution in [3.63, 3.8) is 0 Å². The minimum atomic E-state index is -4.23. The van der Waals surface area contributed by atoms with Crippen molar-refractivity contribution in [3.05, 3.63) is 84.2 Å². The van der Waals surface area contributed by atoms with E-state index in [2.05, 4.69) is 17.1 Å². The van der Waals surface area contributed by atoms with Crippen molar-refractivity contribution in [2.45, 2.75) is 31.2 Å². The van der Waals surface area contributed by atoms with Gasteiger partial charge in [-0.2, -0.15) is 0 Å². The number of halogens is 1. The van der Waals surface area contributed by atoms with Crippen molar-refractivity contribution in [1.82, 2.24) is 5.32 Å². The Bertz CT molecular complexity index is 1310. The molecular formula is C28H32FN3O4S. The zero-order chi connectivity index (χ0) is 26.4. The van der Waals surface area contributed by atoms with E-state index in [1.54, 1.807) is 0 Å². The van der Waals surface area contributed by atoms with E-state index in [0.29, 0.717) is 11.7 Å². The van der Waals surface area contributed by atoms with Gasteiger partial charge in [-0.25, -0.2) is 12.8 Å². The number of methoxy groups -OCH3 is 1. The Morgan fingerprint density at radius 1 is 1.08 bits per heavy atom. The highest BCUT2D eigenvalue weighted by Gasteiger charge is 2.29. The van der Waals surface area contributed by atoms with Crippen LogP contribution in [0.15, 0.2) is 77.7 Å². The lowest BCUT2D eigenvalue weighted by molar-refractivity contribution is -0.119. The number of hydrogen-bond acceptors (Lipinski definition) is 5. The minimum Gasteiger partial charge on any atom is -0.497 e. The maximum atomic E-state index is 14.7. The first kappa shape index (κ1) is 26.5. The molecule has 1 N–H and O–H groups in total. The number of carbonyl (C=O) groups excluding carboxylic acids is 1. The summed E-state index contributed by atoms with van der Waals surface area (Å²) in [5, 5.41) is 2.77. The summed E-state index contributed by atoms with van der Waals surface area (Å²) >= 11 is 0. The predicted molar refractivity (Wildman–Crippen MR) is 143 cm³/mol. The first-order valence-electron chi connectivity index (χ1n) is 12.3. The van der Waals surface area contributed by atoms with Gasteiger partial charge in [-0.1, -0.05) is 31.2 Å². The molecule has 0 aliphatic carbocycles. The third-order valence-electron chi connectivity index (χ3n) is 6.50. The fourth-order valence-corrected chi connectivity index (χ4v) is 5.89. The van der Waals surface area contributed by atoms with E-state index in [1.807, 2.05) is 24.3 Å². The molecule has 0 spiro atoms. The Hall–Kier alpha value is -3.59. The number of piperidine rings is 1. The van der Waals surface area contributed by atoms with Gasteiger partial charge in [0.2, 0.25) is 5.91 Å². The van der Waals surface area contributed by atoms with Crippen molar-refractivity contribution in [1.29, 1.82) is 0 Å². The number of sulfonamides is 1. The molecule has 1 fully saturated rings. The molecule has 37 heavy (non-hydrogen) atoms. The number of ether oxygens (including phenoxy) is 1. The number of hydrogen-bond donors (Lipinski definition) is 1. The Balaban J connectivity index is 1.47. The van der Waals surface area contributed by atoms with Crippen LogP contribution in [0.2, 0.25) is 0 Å². The van der Waals surface area contributed by atoms with Gasteiger partial charge in [-0.15, -0.1) is 0 Å². The maximum Gasteiger partial charge on any atom is 0.264 e. The van der Waals surface area contributed by atoms with Gasteiger partial charge in [-0.05, 0) is 72.9 Å². The third-order valence-corrected chi connectivity index (χ3v) is 8.28. The largest absolute Gasteiger partial charge is 0.497 e.